The second kappa shape index (κ2) is 13.0. The maximum atomic E-state index is 15.2. The van der Waals surface area contributed by atoms with Gasteiger partial charge in [0.15, 0.2) is 0 Å². The summed E-state index contributed by atoms with van der Waals surface area (Å²) in [5.41, 5.74) is -3.71. The van der Waals surface area contributed by atoms with E-state index in [1.165, 1.54) is 0 Å². The first kappa shape index (κ1) is 39.5. The zero-order valence-corrected chi connectivity index (χ0v) is 36.9. The van der Waals surface area contributed by atoms with Crippen LogP contribution in [-0.4, -0.2) is 106 Å². The van der Waals surface area contributed by atoms with Crippen LogP contribution in [0, 0.1) is 11.8 Å². The summed E-state index contributed by atoms with van der Waals surface area (Å²) in [7, 11) is -6.04. The molecule has 2 aliphatic carbocycles. The monoisotopic (exact) mass is 800 g/mol. The average molecular weight is 800 g/mol. The molecule has 4 aliphatic rings. The molecule has 2 saturated heterocycles. The van der Waals surface area contributed by atoms with Crippen molar-refractivity contribution in [1.82, 2.24) is 0 Å². The van der Waals surface area contributed by atoms with Gasteiger partial charge < -0.3 is 0 Å². The molecule has 13 heteroatoms. The molecular formula is C36H60O9SeSi3. The number of ketones is 1. The van der Waals surface area contributed by atoms with E-state index in [1.54, 1.807) is 6.92 Å². The number of ether oxygens (including phenoxy) is 5. The third kappa shape index (κ3) is 7.43. The second-order valence-corrected chi connectivity index (χ2v) is 36.2. The SMILES string of the molecule is CC1(C)O[C@H]2C[C@](C)(O[Si](C)(C)C)[C@@H]3[C@H]([C@@H]4OC(=O)[C@@](C)(O1)[C@@]24O[Si](C)(C)C)[C@](C)([Se]c1ccccc1)C(=O)[C@H]3OCOCC[Si](C)(C)C. The van der Waals surface area contributed by atoms with E-state index in [4.69, 9.17) is 32.5 Å². The Balaban J connectivity index is 1.74. The predicted octanol–water partition coefficient (Wildman–Crippen LogP) is 6.15. The van der Waals surface area contributed by atoms with Gasteiger partial charge in [0, 0.05) is 0 Å². The molecular weight excluding hydrogens is 740 g/mol. The van der Waals surface area contributed by atoms with Crippen molar-refractivity contribution < 1.29 is 42.1 Å². The van der Waals surface area contributed by atoms with Crippen LogP contribution in [0.2, 0.25) is 69.3 Å². The van der Waals surface area contributed by atoms with Crippen LogP contribution in [0.25, 0.3) is 0 Å². The molecule has 0 radical (unpaired) electrons. The van der Waals surface area contributed by atoms with E-state index in [0.29, 0.717) is 13.0 Å². The van der Waals surface area contributed by atoms with Crippen LogP contribution in [0.5, 0.6) is 0 Å². The van der Waals surface area contributed by atoms with Gasteiger partial charge >= 0.3 is 305 Å². The molecule has 9 nitrogen and oxygen atoms in total. The second-order valence-electron chi connectivity index (χ2n) is 18.6. The van der Waals surface area contributed by atoms with E-state index in [2.05, 4.69) is 78.0 Å². The summed E-state index contributed by atoms with van der Waals surface area (Å²) in [6.07, 6.45) is -1.96. The van der Waals surface area contributed by atoms with Crippen LogP contribution < -0.4 is 4.46 Å². The molecule has 0 N–H and O–H groups in total. The van der Waals surface area contributed by atoms with E-state index in [9.17, 15) is 4.79 Å². The fraction of sp³-hybridized carbons (Fsp3) is 0.778. The first-order valence-electron chi connectivity index (χ1n) is 17.7. The number of benzene rings is 1. The van der Waals surface area contributed by atoms with Gasteiger partial charge in [-0.3, -0.25) is 0 Å². The van der Waals surface area contributed by atoms with E-state index in [0.717, 1.165) is 10.5 Å². The fourth-order valence-electron chi connectivity index (χ4n) is 8.79. The summed E-state index contributed by atoms with van der Waals surface area (Å²) < 4.78 is 47.6. The van der Waals surface area contributed by atoms with Crippen LogP contribution >= 0.6 is 0 Å². The molecule has 2 saturated carbocycles. The minimum atomic E-state index is -2.44. The van der Waals surface area contributed by atoms with Gasteiger partial charge in [0.1, 0.15) is 0 Å². The van der Waals surface area contributed by atoms with Crippen molar-refractivity contribution >= 4 is 55.9 Å². The number of carbonyl (C=O) groups is 2. The molecule has 2 aliphatic heterocycles. The van der Waals surface area contributed by atoms with Crippen molar-refractivity contribution in [3.8, 4) is 0 Å². The summed E-state index contributed by atoms with van der Waals surface area (Å²) >= 11 is -0.369. The minimum absolute atomic E-state index is 0.00363. The number of rotatable bonds is 12. The number of esters is 1. The molecule has 5 rings (SSSR count). The van der Waals surface area contributed by atoms with Crippen molar-refractivity contribution in [3.63, 3.8) is 0 Å². The zero-order valence-electron chi connectivity index (χ0n) is 32.2. The summed E-state index contributed by atoms with van der Waals surface area (Å²) in [5.74, 6) is -2.59. The number of Topliss-reactive ketones (excluding diaryl/α,β-unsaturated/α-hetero) is 1. The molecule has 4 fully saturated rings. The van der Waals surface area contributed by atoms with Crippen molar-refractivity contribution in [2.24, 2.45) is 11.8 Å². The van der Waals surface area contributed by atoms with Crippen molar-refractivity contribution in [1.29, 1.82) is 0 Å². The van der Waals surface area contributed by atoms with Gasteiger partial charge in [-0.15, -0.1) is 0 Å². The van der Waals surface area contributed by atoms with E-state index < -0.39 is 87.7 Å². The van der Waals surface area contributed by atoms with Gasteiger partial charge in [0.2, 0.25) is 0 Å². The Kier molecular flexibility index (Phi) is 10.5. The van der Waals surface area contributed by atoms with Gasteiger partial charge in [-0.25, -0.2) is 0 Å². The number of fused-ring (bicyclic) bond motifs is 2. The molecule has 276 valence electrons. The Labute approximate surface area is 303 Å². The molecule has 1 aromatic carbocycles. The van der Waals surface area contributed by atoms with Gasteiger partial charge in [-0.1, -0.05) is 0 Å². The Morgan fingerprint density at radius 1 is 0.857 bits per heavy atom. The van der Waals surface area contributed by atoms with E-state index >= 15 is 4.79 Å². The standard InChI is InChI=1S/C36H60O9SeSi3/c1-32(2)42-25-22-33(3,44-48(9,10)11)26-27(30-36(25,45-49(12,13)14)35(5,43-32)31(38)41-30)34(4,46-24-18-16-15-17-19-24)29(37)28(26)40-23-39-20-21-47(6,7)8/h15-19,25-28,30H,20-23H2,1-14H3/t25-,26+,27+,28-,30-,33-,34-,35+,36+/m0/s1. The summed E-state index contributed by atoms with van der Waals surface area (Å²) in [6, 6.07) is 11.1. The Morgan fingerprint density at radius 2 is 1.47 bits per heavy atom. The number of hydrogen-bond acceptors (Lipinski definition) is 9. The van der Waals surface area contributed by atoms with Crippen molar-refractivity contribution in [2.75, 3.05) is 13.4 Å². The van der Waals surface area contributed by atoms with Gasteiger partial charge in [-0.05, 0) is 0 Å². The Morgan fingerprint density at radius 3 is 2.04 bits per heavy atom. The van der Waals surface area contributed by atoms with Crippen LogP contribution in [0.1, 0.15) is 41.0 Å². The first-order chi connectivity index (χ1) is 22.3. The summed E-state index contributed by atoms with van der Waals surface area (Å²) in [6.45, 7) is 30.0. The molecule has 0 amide bonds. The molecule has 1 aromatic rings. The van der Waals surface area contributed by atoms with Crippen LogP contribution in [0.3, 0.4) is 0 Å². The molecule has 0 unspecified atom stereocenters. The predicted molar refractivity (Wildman–Crippen MR) is 199 cm³/mol. The molecule has 0 aromatic heterocycles. The maximum absolute atomic E-state index is 15.2. The Bertz CT molecular complexity index is 1410. The summed E-state index contributed by atoms with van der Waals surface area (Å²) in [4.78, 5) is 29.6. The molecule has 0 spiro atoms. The fourth-order valence-corrected chi connectivity index (χ4v) is 15.6. The van der Waals surface area contributed by atoms with E-state index in [1.807, 2.05) is 39.0 Å². The van der Waals surface area contributed by atoms with Crippen LogP contribution in [0.15, 0.2) is 30.3 Å². The van der Waals surface area contributed by atoms with Gasteiger partial charge in [0.25, 0.3) is 0 Å². The van der Waals surface area contributed by atoms with Gasteiger partial charge in [-0.2, -0.15) is 0 Å². The average Bonchev–Trinajstić information content (AvgIpc) is 3.22. The van der Waals surface area contributed by atoms with Crippen molar-refractivity contribution in [2.45, 2.75) is 151 Å². The van der Waals surface area contributed by atoms with Crippen molar-refractivity contribution in [3.05, 3.63) is 30.3 Å². The number of carbonyl (C=O) groups excluding carboxylic acids is 2. The normalized spacial score (nSPS) is 38.9. The Hall–Kier alpha value is -0.710. The zero-order chi connectivity index (χ0) is 36.6. The molecule has 2 heterocycles. The topological polar surface area (TPSA) is 98.8 Å². The third-order valence-corrected chi connectivity index (χ3v) is 17.0. The van der Waals surface area contributed by atoms with Gasteiger partial charge in [0.05, 0.1) is 0 Å². The van der Waals surface area contributed by atoms with Crippen LogP contribution in [-0.2, 0) is 42.1 Å². The molecule has 49 heavy (non-hydrogen) atoms. The third-order valence-electron chi connectivity index (χ3n) is 10.3. The number of hydrogen-bond donors (Lipinski definition) is 0. The summed E-state index contributed by atoms with van der Waals surface area (Å²) in [5, 5.41) is 0. The van der Waals surface area contributed by atoms with Crippen LogP contribution in [0.4, 0.5) is 0 Å². The van der Waals surface area contributed by atoms with E-state index in [-0.39, 0.29) is 27.5 Å². The quantitative estimate of drug-likeness (QED) is 0.107. The molecule has 0 bridgehead atoms. The first-order valence-corrected chi connectivity index (χ1v) is 30.0. The molecule has 9 atom stereocenters.